The summed E-state index contributed by atoms with van der Waals surface area (Å²) >= 11 is 5.32. The Bertz CT molecular complexity index is 578. The standard InChI is InChI=1S/C15H18N2O2S/c1-9-13(10(2)18)14(16-15(20)17(9)3)11-5-7-12(19-4)8-6-11/h5-8,14H,1-4H3,(H,16,20)/t14-/m0/s1. The number of allylic oxidation sites excluding steroid dienone is 1. The van der Waals surface area contributed by atoms with Gasteiger partial charge in [0.15, 0.2) is 10.9 Å². The summed E-state index contributed by atoms with van der Waals surface area (Å²) in [5, 5.41) is 3.84. The van der Waals surface area contributed by atoms with Crippen LogP contribution in [-0.4, -0.2) is 30.0 Å². The number of methoxy groups -OCH3 is 1. The third-order valence-electron chi connectivity index (χ3n) is 3.58. The molecule has 1 aromatic rings. The number of ether oxygens (including phenoxy) is 1. The first kappa shape index (κ1) is 14.5. The number of ketones is 1. The van der Waals surface area contributed by atoms with Crippen LogP contribution < -0.4 is 10.1 Å². The zero-order valence-corrected chi connectivity index (χ0v) is 12.9. The molecule has 1 atom stereocenters. The zero-order chi connectivity index (χ0) is 14.9. The third-order valence-corrected chi connectivity index (χ3v) is 3.97. The fourth-order valence-corrected chi connectivity index (χ4v) is 2.59. The monoisotopic (exact) mass is 290 g/mol. The lowest BCUT2D eigenvalue weighted by Crippen LogP contribution is -2.45. The highest BCUT2D eigenvalue weighted by Gasteiger charge is 2.30. The highest BCUT2D eigenvalue weighted by molar-refractivity contribution is 7.80. The molecule has 0 aromatic heterocycles. The van der Waals surface area contributed by atoms with Crippen molar-refractivity contribution in [2.45, 2.75) is 19.9 Å². The van der Waals surface area contributed by atoms with Crippen LogP contribution in [0.15, 0.2) is 35.5 Å². The number of benzene rings is 1. The van der Waals surface area contributed by atoms with Gasteiger partial charge in [0.1, 0.15) is 5.75 Å². The van der Waals surface area contributed by atoms with E-state index in [1.165, 1.54) is 0 Å². The second-order valence-corrected chi connectivity index (χ2v) is 5.16. The van der Waals surface area contributed by atoms with E-state index in [-0.39, 0.29) is 11.8 Å². The average molecular weight is 290 g/mol. The van der Waals surface area contributed by atoms with Crippen molar-refractivity contribution in [2.24, 2.45) is 0 Å². The molecule has 1 N–H and O–H groups in total. The van der Waals surface area contributed by atoms with Crippen LogP contribution in [0, 0.1) is 0 Å². The first-order valence-electron chi connectivity index (χ1n) is 6.35. The van der Waals surface area contributed by atoms with Crippen molar-refractivity contribution >= 4 is 23.1 Å². The summed E-state index contributed by atoms with van der Waals surface area (Å²) in [6.45, 7) is 3.50. The molecule has 1 aliphatic rings. The summed E-state index contributed by atoms with van der Waals surface area (Å²) in [5.74, 6) is 0.833. The molecular weight excluding hydrogens is 272 g/mol. The number of nitrogens with one attached hydrogen (secondary N) is 1. The van der Waals surface area contributed by atoms with E-state index in [0.29, 0.717) is 5.11 Å². The van der Waals surface area contributed by atoms with Crippen molar-refractivity contribution < 1.29 is 9.53 Å². The van der Waals surface area contributed by atoms with Crippen molar-refractivity contribution in [1.82, 2.24) is 10.2 Å². The molecule has 1 aliphatic heterocycles. The quantitative estimate of drug-likeness (QED) is 0.866. The summed E-state index contributed by atoms with van der Waals surface area (Å²) in [4.78, 5) is 13.8. The van der Waals surface area contributed by atoms with Gasteiger partial charge in [-0.1, -0.05) is 12.1 Å². The predicted molar refractivity (Wildman–Crippen MR) is 82.6 cm³/mol. The molecule has 0 radical (unpaired) electrons. The second kappa shape index (κ2) is 5.63. The smallest absolute Gasteiger partial charge is 0.173 e. The first-order valence-corrected chi connectivity index (χ1v) is 6.76. The molecule has 5 heteroatoms. The van der Waals surface area contributed by atoms with E-state index in [1.807, 2.05) is 43.1 Å². The molecule has 0 fully saturated rings. The third kappa shape index (κ3) is 2.54. The summed E-state index contributed by atoms with van der Waals surface area (Å²) < 4.78 is 5.16. The fraction of sp³-hybridized carbons (Fsp3) is 0.333. The Kier molecular flexibility index (Phi) is 4.09. The number of carbonyl (C=O) groups is 1. The summed E-state index contributed by atoms with van der Waals surface area (Å²) in [7, 11) is 3.49. The number of Topliss-reactive ketones (excluding diaryl/α,β-unsaturated/α-hetero) is 1. The van der Waals surface area contributed by atoms with Gasteiger partial charge in [0.05, 0.1) is 13.2 Å². The van der Waals surface area contributed by atoms with E-state index >= 15 is 0 Å². The number of thiocarbonyl (C=S) groups is 1. The van der Waals surface area contributed by atoms with Crippen LogP contribution in [0.4, 0.5) is 0 Å². The molecule has 0 amide bonds. The van der Waals surface area contributed by atoms with Crippen LogP contribution in [0.5, 0.6) is 5.75 Å². The second-order valence-electron chi connectivity index (χ2n) is 4.77. The Balaban J connectivity index is 2.47. The SMILES string of the molecule is COc1ccc([C@@H]2NC(=S)N(C)C(C)=C2C(C)=O)cc1. The van der Waals surface area contributed by atoms with Gasteiger partial charge in [-0.25, -0.2) is 0 Å². The van der Waals surface area contributed by atoms with Gasteiger partial charge in [0.25, 0.3) is 0 Å². The Labute approximate surface area is 124 Å². The molecule has 0 saturated heterocycles. The van der Waals surface area contributed by atoms with Crippen molar-refractivity contribution in [3.8, 4) is 5.75 Å². The van der Waals surface area contributed by atoms with E-state index in [1.54, 1.807) is 14.0 Å². The van der Waals surface area contributed by atoms with Gasteiger partial charge in [0, 0.05) is 18.3 Å². The predicted octanol–water partition coefficient (Wildman–Crippen LogP) is 2.42. The van der Waals surface area contributed by atoms with E-state index < -0.39 is 0 Å². The minimum Gasteiger partial charge on any atom is -0.497 e. The lowest BCUT2D eigenvalue weighted by atomic mass is 9.92. The van der Waals surface area contributed by atoms with Crippen LogP contribution in [0.1, 0.15) is 25.5 Å². The van der Waals surface area contributed by atoms with Crippen LogP contribution in [-0.2, 0) is 4.79 Å². The van der Waals surface area contributed by atoms with Gasteiger partial charge in [-0.2, -0.15) is 0 Å². The normalized spacial score (nSPS) is 18.9. The van der Waals surface area contributed by atoms with Gasteiger partial charge in [-0.3, -0.25) is 4.79 Å². The lowest BCUT2D eigenvalue weighted by molar-refractivity contribution is -0.114. The number of carbonyl (C=O) groups excluding carboxylic acids is 1. The summed E-state index contributed by atoms with van der Waals surface area (Å²) in [6, 6.07) is 7.44. The van der Waals surface area contributed by atoms with Crippen LogP contribution >= 0.6 is 12.2 Å². The largest absolute Gasteiger partial charge is 0.497 e. The van der Waals surface area contributed by atoms with E-state index in [0.717, 1.165) is 22.6 Å². The lowest BCUT2D eigenvalue weighted by Gasteiger charge is -2.35. The molecule has 106 valence electrons. The molecule has 0 saturated carbocycles. The minimum atomic E-state index is -0.206. The van der Waals surface area contributed by atoms with Crippen molar-refractivity contribution in [2.75, 3.05) is 14.2 Å². The molecule has 1 heterocycles. The summed E-state index contributed by atoms with van der Waals surface area (Å²) in [5.41, 5.74) is 2.62. The van der Waals surface area contributed by atoms with Gasteiger partial charge in [-0.05, 0) is 43.8 Å². The van der Waals surface area contributed by atoms with Gasteiger partial charge in [-0.15, -0.1) is 0 Å². The van der Waals surface area contributed by atoms with E-state index in [9.17, 15) is 4.79 Å². The molecule has 20 heavy (non-hydrogen) atoms. The number of nitrogens with zero attached hydrogens (tertiary/aromatic N) is 1. The molecule has 0 spiro atoms. The van der Waals surface area contributed by atoms with Crippen molar-refractivity contribution in [3.63, 3.8) is 0 Å². The maximum absolute atomic E-state index is 12.0. The zero-order valence-electron chi connectivity index (χ0n) is 12.1. The molecule has 4 nitrogen and oxygen atoms in total. The first-order chi connectivity index (χ1) is 9.45. The molecule has 0 unspecified atom stereocenters. The van der Waals surface area contributed by atoms with Crippen LogP contribution in [0.2, 0.25) is 0 Å². The minimum absolute atomic E-state index is 0.0465. The van der Waals surface area contributed by atoms with E-state index in [2.05, 4.69) is 5.32 Å². The van der Waals surface area contributed by atoms with Crippen molar-refractivity contribution in [1.29, 1.82) is 0 Å². The molecular formula is C15H18N2O2S. The molecule has 0 bridgehead atoms. The molecule has 1 aromatic carbocycles. The van der Waals surface area contributed by atoms with Crippen LogP contribution in [0.25, 0.3) is 0 Å². The maximum atomic E-state index is 12.0. The van der Waals surface area contributed by atoms with Gasteiger partial charge in [0.2, 0.25) is 0 Å². The molecule has 2 rings (SSSR count). The Morgan fingerprint density at radius 2 is 1.95 bits per heavy atom. The maximum Gasteiger partial charge on any atom is 0.173 e. The highest BCUT2D eigenvalue weighted by atomic mass is 32.1. The fourth-order valence-electron chi connectivity index (χ4n) is 2.34. The number of hydrogen-bond acceptors (Lipinski definition) is 3. The Morgan fingerprint density at radius 1 is 1.35 bits per heavy atom. The van der Waals surface area contributed by atoms with Gasteiger partial charge >= 0.3 is 0 Å². The van der Waals surface area contributed by atoms with Gasteiger partial charge < -0.3 is 15.0 Å². The summed E-state index contributed by atoms with van der Waals surface area (Å²) in [6.07, 6.45) is 0. The topological polar surface area (TPSA) is 41.6 Å². The highest BCUT2D eigenvalue weighted by Crippen LogP contribution is 2.31. The Hall–Kier alpha value is -1.88. The Morgan fingerprint density at radius 3 is 2.45 bits per heavy atom. The van der Waals surface area contributed by atoms with E-state index in [4.69, 9.17) is 17.0 Å². The molecule has 0 aliphatic carbocycles. The van der Waals surface area contributed by atoms with Crippen molar-refractivity contribution in [3.05, 3.63) is 41.1 Å². The number of hydrogen-bond donors (Lipinski definition) is 1. The van der Waals surface area contributed by atoms with Crippen LogP contribution in [0.3, 0.4) is 0 Å². The number of rotatable bonds is 3. The average Bonchev–Trinajstić information content (AvgIpc) is 2.44.